The molecule has 0 unspecified atom stereocenters. The maximum atomic E-state index is 12.3. The number of anilines is 2. The van der Waals surface area contributed by atoms with Crippen LogP contribution in [0.3, 0.4) is 0 Å². The first-order valence-corrected chi connectivity index (χ1v) is 10.0. The monoisotopic (exact) mass is 402 g/mol. The number of hydrogen-bond acceptors (Lipinski definition) is 5. The predicted octanol–water partition coefficient (Wildman–Crippen LogP) is 4.63. The lowest BCUT2D eigenvalue weighted by molar-refractivity contribution is 0.171. The van der Waals surface area contributed by atoms with E-state index in [-0.39, 0.29) is 0 Å². The lowest BCUT2D eigenvalue weighted by Gasteiger charge is -2.20. The molecular formula is C24H22N2O4. The molecule has 2 aliphatic heterocycles. The van der Waals surface area contributed by atoms with Gasteiger partial charge in [-0.3, -0.25) is 5.32 Å². The first kappa shape index (κ1) is 18.4. The minimum absolute atomic E-state index is 0.497. The second-order valence-electron chi connectivity index (χ2n) is 7.32. The zero-order valence-corrected chi connectivity index (χ0v) is 16.5. The molecule has 0 spiro atoms. The van der Waals surface area contributed by atoms with Crippen LogP contribution in [0.2, 0.25) is 0 Å². The summed E-state index contributed by atoms with van der Waals surface area (Å²) in [5.41, 5.74) is 4.26. The Labute approximate surface area is 175 Å². The van der Waals surface area contributed by atoms with E-state index >= 15 is 0 Å². The van der Waals surface area contributed by atoms with Gasteiger partial charge in [0, 0.05) is 30.5 Å². The molecule has 1 amide bonds. The molecule has 3 aromatic rings. The van der Waals surface area contributed by atoms with Gasteiger partial charge in [-0.15, -0.1) is 0 Å². The normalized spacial score (nSPS) is 14.2. The van der Waals surface area contributed by atoms with Crippen molar-refractivity contribution < 1.29 is 19.0 Å². The van der Waals surface area contributed by atoms with Crippen LogP contribution in [0.5, 0.6) is 17.2 Å². The summed E-state index contributed by atoms with van der Waals surface area (Å²) in [6.45, 7) is 2.86. The van der Waals surface area contributed by atoms with Crippen molar-refractivity contribution in [3.8, 4) is 17.2 Å². The minimum Gasteiger partial charge on any atom is -0.486 e. The summed E-state index contributed by atoms with van der Waals surface area (Å²) in [4.78, 5) is 14.7. The molecule has 6 nitrogen and oxygen atoms in total. The van der Waals surface area contributed by atoms with Gasteiger partial charge in [0.2, 0.25) is 0 Å². The Morgan fingerprint density at radius 3 is 2.67 bits per heavy atom. The van der Waals surface area contributed by atoms with E-state index in [1.165, 1.54) is 16.8 Å². The van der Waals surface area contributed by atoms with Gasteiger partial charge in [0.1, 0.15) is 19.0 Å². The van der Waals surface area contributed by atoms with Gasteiger partial charge in [-0.25, -0.2) is 4.79 Å². The van der Waals surface area contributed by atoms with Gasteiger partial charge < -0.3 is 19.1 Å². The number of fused-ring (bicyclic) bond motifs is 2. The Balaban J connectivity index is 1.23. The SMILES string of the molecule is O=C(Nc1ccc2c(c1)OCCO2)Oc1ccc2c(c1)CCN2Cc1ccccc1. The topological polar surface area (TPSA) is 60.0 Å². The van der Waals surface area contributed by atoms with Gasteiger partial charge in [-0.2, -0.15) is 0 Å². The predicted molar refractivity (Wildman–Crippen MR) is 115 cm³/mol. The average molecular weight is 402 g/mol. The van der Waals surface area contributed by atoms with Crippen molar-refractivity contribution in [2.24, 2.45) is 0 Å². The van der Waals surface area contributed by atoms with E-state index < -0.39 is 6.09 Å². The lowest BCUT2D eigenvalue weighted by Crippen LogP contribution is -2.19. The van der Waals surface area contributed by atoms with Crippen molar-refractivity contribution in [3.05, 3.63) is 77.9 Å². The molecule has 0 bridgehead atoms. The van der Waals surface area contributed by atoms with E-state index in [1.807, 2.05) is 24.3 Å². The number of rotatable bonds is 4. The number of ether oxygens (including phenoxy) is 3. The van der Waals surface area contributed by atoms with Crippen LogP contribution >= 0.6 is 0 Å². The van der Waals surface area contributed by atoms with Crippen LogP contribution in [0.25, 0.3) is 0 Å². The maximum Gasteiger partial charge on any atom is 0.417 e. The van der Waals surface area contributed by atoms with E-state index in [0.29, 0.717) is 36.1 Å². The quantitative estimate of drug-likeness (QED) is 0.689. The fourth-order valence-corrected chi connectivity index (χ4v) is 3.85. The number of benzene rings is 3. The van der Waals surface area contributed by atoms with E-state index in [0.717, 1.165) is 19.5 Å². The van der Waals surface area contributed by atoms with Crippen molar-refractivity contribution in [2.75, 3.05) is 30.0 Å². The van der Waals surface area contributed by atoms with Gasteiger partial charge in [0.25, 0.3) is 0 Å². The van der Waals surface area contributed by atoms with Crippen LogP contribution in [-0.2, 0) is 13.0 Å². The van der Waals surface area contributed by atoms with Crippen molar-refractivity contribution >= 4 is 17.5 Å². The summed E-state index contributed by atoms with van der Waals surface area (Å²) in [5.74, 6) is 1.83. The van der Waals surface area contributed by atoms with Gasteiger partial charge in [-0.1, -0.05) is 30.3 Å². The molecule has 0 radical (unpaired) electrons. The zero-order chi connectivity index (χ0) is 20.3. The highest BCUT2D eigenvalue weighted by Crippen LogP contribution is 2.34. The molecular weight excluding hydrogens is 380 g/mol. The largest absolute Gasteiger partial charge is 0.486 e. The Hall–Kier alpha value is -3.67. The fourth-order valence-electron chi connectivity index (χ4n) is 3.85. The van der Waals surface area contributed by atoms with E-state index in [1.54, 1.807) is 18.2 Å². The van der Waals surface area contributed by atoms with E-state index in [9.17, 15) is 4.79 Å². The molecule has 2 aliphatic rings. The summed E-state index contributed by atoms with van der Waals surface area (Å²) in [5, 5.41) is 2.74. The number of hydrogen-bond donors (Lipinski definition) is 1. The Morgan fingerprint density at radius 2 is 1.80 bits per heavy atom. The Kier molecular flexibility index (Phi) is 4.89. The van der Waals surface area contributed by atoms with Crippen LogP contribution in [0.1, 0.15) is 11.1 Å². The summed E-state index contributed by atoms with van der Waals surface area (Å²) in [6, 6.07) is 21.5. The summed E-state index contributed by atoms with van der Waals surface area (Å²) >= 11 is 0. The van der Waals surface area contributed by atoms with E-state index in [2.05, 4.69) is 34.5 Å². The first-order chi connectivity index (χ1) is 14.7. The second-order valence-corrected chi connectivity index (χ2v) is 7.32. The molecule has 30 heavy (non-hydrogen) atoms. The molecule has 5 rings (SSSR count). The zero-order valence-electron chi connectivity index (χ0n) is 16.5. The average Bonchev–Trinajstić information content (AvgIpc) is 3.16. The number of nitrogens with zero attached hydrogens (tertiary/aromatic N) is 1. The smallest absolute Gasteiger partial charge is 0.417 e. The number of carbonyl (C=O) groups is 1. The van der Waals surface area contributed by atoms with Crippen molar-refractivity contribution in [1.29, 1.82) is 0 Å². The number of amides is 1. The summed E-state index contributed by atoms with van der Waals surface area (Å²) in [7, 11) is 0. The van der Waals surface area contributed by atoms with Crippen molar-refractivity contribution in [3.63, 3.8) is 0 Å². The Bertz CT molecular complexity index is 1070. The van der Waals surface area contributed by atoms with Gasteiger partial charge in [0.15, 0.2) is 11.5 Å². The molecule has 2 heterocycles. The molecule has 3 aromatic carbocycles. The van der Waals surface area contributed by atoms with E-state index in [4.69, 9.17) is 14.2 Å². The highest BCUT2D eigenvalue weighted by atomic mass is 16.6. The molecule has 0 fully saturated rings. The van der Waals surface area contributed by atoms with Crippen molar-refractivity contribution in [1.82, 2.24) is 0 Å². The standard InChI is InChI=1S/C24H22N2O4/c27-24(25-19-6-9-22-23(15-19)29-13-12-28-22)30-20-7-8-21-18(14-20)10-11-26(21)16-17-4-2-1-3-5-17/h1-9,14-15H,10-13,16H2,(H,25,27). The molecule has 152 valence electrons. The van der Waals surface area contributed by atoms with Crippen LogP contribution in [0.4, 0.5) is 16.2 Å². The summed E-state index contributed by atoms with van der Waals surface area (Å²) in [6.07, 6.45) is 0.397. The van der Waals surface area contributed by atoms with Crippen LogP contribution in [0.15, 0.2) is 66.7 Å². The molecule has 0 saturated heterocycles. The minimum atomic E-state index is -0.536. The molecule has 1 N–H and O–H groups in total. The highest BCUT2D eigenvalue weighted by molar-refractivity contribution is 5.87. The highest BCUT2D eigenvalue weighted by Gasteiger charge is 2.20. The van der Waals surface area contributed by atoms with Gasteiger partial charge in [0.05, 0.1) is 0 Å². The molecule has 0 aromatic heterocycles. The van der Waals surface area contributed by atoms with Crippen LogP contribution < -0.4 is 24.4 Å². The molecule has 0 saturated carbocycles. The third-order valence-corrected chi connectivity index (χ3v) is 5.26. The second kappa shape index (κ2) is 7.99. The summed E-state index contributed by atoms with van der Waals surface area (Å²) < 4.78 is 16.5. The first-order valence-electron chi connectivity index (χ1n) is 10.0. The maximum absolute atomic E-state index is 12.3. The van der Waals surface area contributed by atoms with Gasteiger partial charge in [-0.05, 0) is 47.9 Å². The third kappa shape index (κ3) is 3.89. The Morgan fingerprint density at radius 1 is 0.967 bits per heavy atom. The van der Waals surface area contributed by atoms with Gasteiger partial charge >= 0.3 is 6.09 Å². The molecule has 0 atom stereocenters. The van der Waals surface area contributed by atoms with Crippen LogP contribution in [0, 0.1) is 0 Å². The molecule has 6 heteroatoms. The van der Waals surface area contributed by atoms with Crippen molar-refractivity contribution in [2.45, 2.75) is 13.0 Å². The number of nitrogens with one attached hydrogen (secondary N) is 1. The fraction of sp³-hybridized carbons (Fsp3) is 0.208. The lowest BCUT2D eigenvalue weighted by atomic mass is 10.1. The van der Waals surface area contributed by atoms with Crippen LogP contribution in [-0.4, -0.2) is 25.9 Å². The molecule has 0 aliphatic carbocycles. The number of carbonyl (C=O) groups excluding carboxylic acids is 1. The third-order valence-electron chi connectivity index (χ3n) is 5.26.